The lowest BCUT2D eigenvalue weighted by molar-refractivity contribution is -0.111. The summed E-state index contributed by atoms with van der Waals surface area (Å²) in [5, 5.41) is 2.82. The first kappa shape index (κ1) is 17.6. The Morgan fingerprint density at radius 1 is 1.04 bits per heavy atom. The normalized spacial score (nSPS) is 10.6. The van der Waals surface area contributed by atoms with E-state index in [-0.39, 0.29) is 5.91 Å². The fourth-order valence-electron chi connectivity index (χ4n) is 2.11. The Bertz CT molecular complexity index is 678. The van der Waals surface area contributed by atoms with E-state index in [1.807, 2.05) is 55.5 Å². The highest BCUT2D eigenvalue weighted by molar-refractivity contribution is 6.02. The molecular formula is C20H23NO3. The van der Waals surface area contributed by atoms with E-state index in [4.69, 9.17) is 9.47 Å². The zero-order valence-corrected chi connectivity index (χ0v) is 14.1. The summed E-state index contributed by atoms with van der Waals surface area (Å²) in [6.07, 6.45) is 4.20. The molecule has 0 saturated heterocycles. The molecule has 0 aliphatic heterocycles. The van der Waals surface area contributed by atoms with Gasteiger partial charge in [-0.05, 0) is 49.8 Å². The van der Waals surface area contributed by atoms with Crippen LogP contribution in [0, 0.1) is 0 Å². The summed E-state index contributed by atoms with van der Waals surface area (Å²) in [7, 11) is 0. The molecule has 1 amide bonds. The van der Waals surface area contributed by atoms with Gasteiger partial charge in [-0.3, -0.25) is 4.79 Å². The van der Waals surface area contributed by atoms with Crippen molar-refractivity contribution in [1.29, 1.82) is 0 Å². The van der Waals surface area contributed by atoms with Crippen molar-refractivity contribution in [2.24, 2.45) is 0 Å². The van der Waals surface area contributed by atoms with E-state index in [0.717, 1.165) is 29.2 Å². The first-order valence-corrected chi connectivity index (χ1v) is 8.16. The van der Waals surface area contributed by atoms with Crippen molar-refractivity contribution in [3.05, 3.63) is 60.2 Å². The molecule has 0 heterocycles. The summed E-state index contributed by atoms with van der Waals surface area (Å²) >= 11 is 0. The van der Waals surface area contributed by atoms with Crippen molar-refractivity contribution in [2.75, 3.05) is 18.5 Å². The van der Waals surface area contributed by atoms with Crippen LogP contribution in [0.15, 0.2) is 54.6 Å². The third kappa shape index (κ3) is 5.47. The van der Waals surface area contributed by atoms with Crippen LogP contribution < -0.4 is 14.8 Å². The summed E-state index contributed by atoms with van der Waals surface area (Å²) in [6, 6.07) is 15.0. The molecule has 0 atom stereocenters. The summed E-state index contributed by atoms with van der Waals surface area (Å²) in [4.78, 5) is 12.1. The topological polar surface area (TPSA) is 47.6 Å². The zero-order chi connectivity index (χ0) is 17.2. The van der Waals surface area contributed by atoms with Crippen molar-refractivity contribution >= 4 is 17.7 Å². The average Bonchev–Trinajstić information content (AvgIpc) is 2.61. The minimum Gasteiger partial charge on any atom is -0.494 e. The SMILES string of the molecule is CCCOc1ccccc1/C=C/C(=O)Nc1ccc(OCC)cc1. The highest BCUT2D eigenvalue weighted by atomic mass is 16.5. The molecule has 24 heavy (non-hydrogen) atoms. The van der Waals surface area contributed by atoms with Crippen LogP contribution in [0.4, 0.5) is 5.69 Å². The standard InChI is InChI=1S/C20H23NO3/c1-3-15-24-19-8-6-5-7-16(19)9-14-20(22)21-17-10-12-18(13-11-17)23-4-2/h5-14H,3-4,15H2,1-2H3,(H,21,22)/b14-9+. The molecular weight excluding hydrogens is 302 g/mol. The molecule has 0 bridgehead atoms. The predicted octanol–water partition coefficient (Wildman–Crippen LogP) is 4.53. The van der Waals surface area contributed by atoms with Crippen LogP contribution in [0.5, 0.6) is 11.5 Å². The Balaban J connectivity index is 1.97. The minimum atomic E-state index is -0.190. The van der Waals surface area contributed by atoms with Gasteiger partial charge in [0, 0.05) is 17.3 Å². The summed E-state index contributed by atoms with van der Waals surface area (Å²) in [5.41, 5.74) is 1.61. The monoisotopic (exact) mass is 325 g/mol. The number of hydrogen-bond acceptors (Lipinski definition) is 3. The van der Waals surface area contributed by atoms with Gasteiger partial charge in [0.25, 0.3) is 0 Å². The Labute approximate surface area is 143 Å². The number of carbonyl (C=O) groups excluding carboxylic acids is 1. The number of hydrogen-bond donors (Lipinski definition) is 1. The van der Waals surface area contributed by atoms with Gasteiger partial charge in [0.2, 0.25) is 5.91 Å². The number of ether oxygens (including phenoxy) is 2. The maximum atomic E-state index is 12.1. The quantitative estimate of drug-likeness (QED) is 0.726. The number of anilines is 1. The van der Waals surface area contributed by atoms with Gasteiger partial charge in [0.15, 0.2) is 0 Å². The van der Waals surface area contributed by atoms with Crippen LogP contribution in [0.25, 0.3) is 6.08 Å². The van der Waals surface area contributed by atoms with Crippen LogP contribution in [0.1, 0.15) is 25.8 Å². The molecule has 0 aliphatic carbocycles. The van der Waals surface area contributed by atoms with E-state index in [0.29, 0.717) is 13.2 Å². The summed E-state index contributed by atoms with van der Waals surface area (Å²) in [5.74, 6) is 1.38. The molecule has 0 spiro atoms. The van der Waals surface area contributed by atoms with E-state index >= 15 is 0 Å². The molecule has 4 nitrogen and oxygen atoms in total. The van der Waals surface area contributed by atoms with Gasteiger partial charge in [0.1, 0.15) is 11.5 Å². The second-order valence-corrected chi connectivity index (χ2v) is 5.17. The third-order valence-electron chi connectivity index (χ3n) is 3.23. The van der Waals surface area contributed by atoms with Crippen molar-refractivity contribution in [1.82, 2.24) is 0 Å². The number of amides is 1. The summed E-state index contributed by atoms with van der Waals surface area (Å²) < 4.78 is 11.1. The Kier molecular flexibility index (Phi) is 6.90. The third-order valence-corrected chi connectivity index (χ3v) is 3.23. The fraction of sp³-hybridized carbons (Fsp3) is 0.250. The van der Waals surface area contributed by atoms with Crippen LogP contribution in [0.2, 0.25) is 0 Å². The van der Waals surface area contributed by atoms with Gasteiger partial charge in [-0.2, -0.15) is 0 Å². The molecule has 2 aromatic rings. The highest BCUT2D eigenvalue weighted by Crippen LogP contribution is 2.20. The fourth-order valence-corrected chi connectivity index (χ4v) is 2.11. The van der Waals surface area contributed by atoms with Crippen molar-refractivity contribution in [2.45, 2.75) is 20.3 Å². The van der Waals surface area contributed by atoms with Crippen LogP contribution >= 0.6 is 0 Å². The van der Waals surface area contributed by atoms with E-state index in [2.05, 4.69) is 12.2 Å². The van der Waals surface area contributed by atoms with Crippen LogP contribution in [-0.2, 0) is 4.79 Å². The lowest BCUT2D eigenvalue weighted by atomic mass is 10.2. The Morgan fingerprint density at radius 3 is 2.50 bits per heavy atom. The average molecular weight is 325 g/mol. The van der Waals surface area contributed by atoms with Gasteiger partial charge < -0.3 is 14.8 Å². The van der Waals surface area contributed by atoms with Gasteiger partial charge in [-0.15, -0.1) is 0 Å². The van der Waals surface area contributed by atoms with E-state index < -0.39 is 0 Å². The molecule has 0 saturated carbocycles. The molecule has 2 rings (SSSR count). The largest absolute Gasteiger partial charge is 0.494 e. The van der Waals surface area contributed by atoms with Gasteiger partial charge in [0.05, 0.1) is 13.2 Å². The van der Waals surface area contributed by atoms with E-state index in [1.54, 1.807) is 6.08 Å². The smallest absolute Gasteiger partial charge is 0.248 e. The van der Waals surface area contributed by atoms with Crippen molar-refractivity contribution in [3.8, 4) is 11.5 Å². The number of rotatable bonds is 8. The van der Waals surface area contributed by atoms with Crippen LogP contribution in [0.3, 0.4) is 0 Å². The zero-order valence-electron chi connectivity index (χ0n) is 14.1. The van der Waals surface area contributed by atoms with Gasteiger partial charge in [-0.1, -0.05) is 25.1 Å². The van der Waals surface area contributed by atoms with Crippen molar-refractivity contribution in [3.63, 3.8) is 0 Å². The van der Waals surface area contributed by atoms with Crippen molar-refractivity contribution < 1.29 is 14.3 Å². The molecule has 126 valence electrons. The lowest BCUT2D eigenvalue weighted by Gasteiger charge is -2.08. The number of para-hydroxylation sites is 1. The molecule has 0 unspecified atom stereocenters. The second-order valence-electron chi connectivity index (χ2n) is 5.17. The first-order chi connectivity index (χ1) is 11.7. The predicted molar refractivity (Wildman–Crippen MR) is 97.5 cm³/mol. The maximum Gasteiger partial charge on any atom is 0.248 e. The van der Waals surface area contributed by atoms with E-state index in [9.17, 15) is 4.79 Å². The molecule has 0 radical (unpaired) electrons. The molecule has 0 fully saturated rings. The number of benzene rings is 2. The van der Waals surface area contributed by atoms with Gasteiger partial charge >= 0.3 is 0 Å². The Hall–Kier alpha value is -2.75. The van der Waals surface area contributed by atoms with E-state index in [1.165, 1.54) is 6.08 Å². The first-order valence-electron chi connectivity index (χ1n) is 8.16. The molecule has 0 aliphatic rings. The van der Waals surface area contributed by atoms with Crippen LogP contribution in [-0.4, -0.2) is 19.1 Å². The number of carbonyl (C=O) groups is 1. The Morgan fingerprint density at radius 2 is 1.79 bits per heavy atom. The molecule has 4 heteroatoms. The lowest BCUT2D eigenvalue weighted by Crippen LogP contribution is -2.07. The minimum absolute atomic E-state index is 0.190. The highest BCUT2D eigenvalue weighted by Gasteiger charge is 2.02. The summed E-state index contributed by atoms with van der Waals surface area (Å²) in [6.45, 7) is 5.27. The second kappa shape index (κ2) is 9.40. The molecule has 1 N–H and O–H groups in total. The molecule has 2 aromatic carbocycles. The maximum absolute atomic E-state index is 12.1. The van der Waals surface area contributed by atoms with Gasteiger partial charge in [-0.25, -0.2) is 0 Å². The molecule has 0 aromatic heterocycles. The number of nitrogens with one attached hydrogen (secondary N) is 1.